The molecular weight excluding hydrogens is 779 g/mol. The van der Waals surface area contributed by atoms with Crippen LogP contribution in [-0.2, 0) is 59.0 Å². The molecular formula is C44H63N3O11S. The lowest BCUT2D eigenvalue weighted by molar-refractivity contribution is -0.305. The summed E-state index contributed by atoms with van der Waals surface area (Å²) in [5.41, 5.74) is -0.0379. The van der Waals surface area contributed by atoms with Crippen molar-refractivity contribution >= 4 is 34.8 Å². The summed E-state index contributed by atoms with van der Waals surface area (Å²) in [6.45, 7) is 16.8. The molecule has 4 saturated heterocycles. The van der Waals surface area contributed by atoms with Gasteiger partial charge >= 0.3 is 11.9 Å². The number of thiazole rings is 1. The molecule has 2 aromatic rings. The molecule has 4 fully saturated rings. The van der Waals surface area contributed by atoms with Gasteiger partial charge in [-0.05, 0) is 72.5 Å². The Balaban J connectivity index is 1.39. The van der Waals surface area contributed by atoms with E-state index in [0.29, 0.717) is 25.0 Å². The summed E-state index contributed by atoms with van der Waals surface area (Å²) < 4.78 is 46.2. The standard InChI is InChI=1S/C44H63N3O11S/c1-12-34-44(9)38(49)26(4)35(58-44)24(2)20-43(8)39(57-42-37(55-29(7)48)33(47(10)11)19-25(3)54-42)27(5)36(28(6)41(50)56-34)51-22-32(23-52-43)46-53-21-30-13-15-31(16-14-30)40-45-17-18-59-40/h13-18,24-28,33-37,39,42H,12,19-23H2,1-11H3/b46-32+/t24-,25-,26?,27-,28-,33+,34-,35?,36+,37-,39-,42+,43-,44?/m1/s1. The van der Waals surface area contributed by atoms with Crippen molar-refractivity contribution in [3.8, 4) is 10.6 Å². The molecule has 1 aromatic heterocycles. The summed E-state index contributed by atoms with van der Waals surface area (Å²) in [4.78, 5) is 53.3. The van der Waals surface area contributed by atoms with E-state index in [9.17, 15) is 14.4 Å². The monoisotopic (exact) mass is 841 g/mol. The highest BCUT2D eigenvalue weighted by Gasteiger charge is 2.59. The third-order valence-corrected chi connectivity index (χ3v) is 13.5. The molecule has 5 heterocycles. The van der Waals surface area contributed by atoms with E-state index in [-0.39, 0.29) is 43.7 Å². The first-order valence-corrected chi connectivity index (χ1v) is 21.8. The van der Waals surface area contributed by atoms with Gasteiger partial charge in [-0.15, -0.1) is 11.3 Å². The molecule has 0 saturated carbocycles. The first-order valence-electron chi connectivity index (χ1n) is 20.9. The molecule has 4 aliphatic rings. The van der Waals surface area contributed by atoms with Gasteiger partial charge in [-0.1, -0.05) is 57.1 Å². The van der Waals surface area contributed by atoms with Gasteiger partial charge in [0, 0.05) is 35.9 Å². The van der Waals surface area contributed by atoms with Gasteiger partial charge in [0.05, 0.1) is 55.2 Å². The van der Waals surface area contributed by atoms with Crippen molar-refractivity contribution in [3.05, 3.63) is 41.4 Å². The number of cyclic esters (lactones) is 1. The predicted molar refractivity (Wildman–Crippen MR) is 220 cm³/mol. The minimum Gasteiger partial charge on any atom is -0.459 e. The van der Waals surface area contributed by atoms with Gasteiger partial charge in [0.1, 0.15) is 23.4 Å². The number of Topliss-reactive ketones (excluding diaryl/α,β-unsaturated/α-hetero) is 1. The Labute approximate surface area is 352 Å². The van der Waals surface area contributed by atoms with E-state index in [1.807, 2.05) is 90.2 Å². The second kappa shape index (κ2) is 18.8. The molecule has 0 aliphatic carbocycles. The van der Waals surface area contributed by atoms with Gasteiger partial charge in [0.2, 0.25) is 0 Å². The van der Waals surface area contributed by atoms with Crippen molar-refractivity contribution in [1.82, 2.24) is 9.88 Å². The van der Waals surface area contributed by atoms with Crippen molar-refractivity contribution in [3.63, 3.8) is 0 Å². The maximum atomic E-state index is 14.3. The van der Waals surface area contributed by atoms with Crippen LogP contribution in [0.5, 0.6) is 0 Å². The molecule has 6 rings (SSSR count). The van der Waals surface area contributed by atoms with Crippen LogP contribution in [-0.4, -0.2) is 121 Å². The number of likely N-dealkylation sites (N-methyl/N-ethyl adjacent to an activating group) is 1. The average molecular weight is 842 g/mol. The number of carbonyl (C=O) groups excluding carboxylic acids is 3. The fourth-order valence-corrected chi connectivity index (χ4v) is 10.2. The van der Waals surface area contributed by atoms with Crippen molar-refractivity contribution < 1.29 is 52.4 Å². The zero-order valence-electron chi connectivity index (χ0n) is 36.4. The molecule has 3 unspecified atom stereocenters. The Kier molecular flexibility index (Phi) is 14.4. The number of ketones is 1. The van der Waals surface area contributed by atoms with Crippen LogP contribution in [0, 0.1) is 23.7 Å². The van der Waals surface area contributed by atoms with Gasteiger partial charge in [0.15, 0.2) is 23.8 Å². The lowest BCUT2D eigenvalue weighted by atomic mass is 9.75. The van der Waals surface area contributed by atoms with E-state index in [1.54, 1.807) is 31.4 Å². The minimum absolute atomic E-state index is 0.000117. The zero-order chi connectivity index (χ0) is 42.8. The molecule has 0 radical (unpaired) electrons. The largest absolute Gasteiger partial charge is 0.459 e. The lowest BCUT2D eigenvalue weighted by Gasteiger charge is -2.48. The van der Waals surface area contributed by atoms with Crippen LogP contribution < -0.4 is 0 Å². The second-order valence-electron chi connectivity index (χ2n) is 17.6. The van der Waals surface area contributed by atoms with Gasteiger partial charge < -0.3 is 42.9 Å². The number of fused-ring (bicyclic) bond motifs is 5. The fraction of sp³-hybridized carbons (Fsp3) is 0.705. The quantitative estimate of drug-likeness (QED) is 0.207. The van der Waals surface area contributed by atoms with Gasteiger partial charge in [0.25, 0.3) is 0 Å². The molecule has 14 atom stereocenters. The molecule has 326 valence electrons. The van der Waals surface area contributed by atoms with E-state index < -0.39 is 77.7 Å². The van der Waals surface area contributed by atoms with Crippen LogP contribution in [0.25, 0.3) is 10.6 Å². The van der Waals surface area contributed by atoms with Crippen LogP contribution in [0.2, 0.25) is 0 Å². The number of hydrogen-bond donors (Lipinski definition) is 0. The Morgan fingerprint density at radius 2 is 1.76 bits per heavy atom. The number of carbonyl (C=O) groups is 3. The number of hydrogen-bond acceptors (Lipinski definition) is 15. The van der Waals surface area contributed by atoms with Crippen LogP contribution in [0.3, 0.4) is 0 Å². The molecule has 15 heteroatoms. The number of ether oxygens (including phenoxy) is 7. The second-order valence-corrected chi connectivity index (χ2v) is 18.5. The number of aromatic nitrogens is 1. The first-order chi connectivity index (χ1) is 27.9. The summed E-state index contributed by atoms with van der Waals surface area (Å²) >= 11 is 1.58. The van der Waals surface area contributed by atoms with Crippen molar-refractivity contribution in [2.45, 2.75) is 148 Å². The van der Waals surface area contributed by atoms with Gasteiger partial charge in [-0.3, -0.25) is 14.4 Å². The summed E-state index contributed by atoms with van der Waals surface area (Å²) in [5.74, 6) is -3.15. The zero-order valence-corrected chi connectivity index (χ0v) is 37.2. The lowest BCUT2D eigenvalue weighted by Crippen LogP contribution is -2.60. The van der Waals surface area contributed by atoms with Gasteiger partial charge in [-0.2, -0.15) is 0 Å². The van der Waals surface area contributed by atoms with Crippen LogP contribution in [0.4, 0.5) is 0 Å². The number of benzene rings is 1. The molecule has 0 amide bonds. The van der Waals surface area contributed by atoms with Gasteiger partial charge in [-0.25, -0.2) is 4.98 Å². The molecule has 4 bridgehead atoms. The van der Waals surface area contributed by atoms with E-state index in [0.717, 1.165) is 16.1 Å². The average Bonchev–Trinajstić information content (AvgIpc) is 3.82. The normalized spacial score (nSPS) is 39.0. The highest BCUT2D eigenvalue weighted by atomic mass is 32.1. The summed E-state index contributed by atoms with van der Waals surface area (Å²) in [7, 11) is 3.88. The van der Waals surface area contributed by atoms with E-state index in [4.69, 9.17) is 38.0 Å². The number of nitrogens with zero attached hydrogens (tertiary/aromatic N) is 3. The SMILES string of the molecule is CC[C@H]1OC(=O)[C@H](C)[C@H]2OC/C(=N\OCc3ccc(-c4nccs4)cc3)CO[C@](C)(C[C@@H](C)C3OC1(C)C(=O)C3C)[C@H](O[C@@H]1O[C@H](C)C[C@H](N(C)C)[C@H]1OC(C)=O)[C@@H]2C. The maximum absolute atomic E-state index is 14.3. The summed E-state index contributed by atoms with van der Waals surface area (Å²) in [6.07, 6.45) is -1.75. The minimum atomic E-state index is -1.33. The van der Waals surface area contributed by atoms with Crippen LogP contribution in [0.1, 0.15) is 87.1 Å². The third kappa shape index (κ3) is 9.77. The Morgan fingerprint density at radius 3 is 2.41 bits per heavy atom. The maximum Gasteiger partial charge on any atom is 0.311 e. The van der Waals surface area contributed by atoms with Crippen molar-refractivity contribution in [2.24, 2.45) is 28.8 Å². The molecule has 4 aliphatic heterocycles. The summed E-state index contributed by atoms with van der Waals surface area (Å²) in [5, 5.41) is 7.41. The highest BCUT2D eigenvalue weighted by molar-refractivity contribution is 7.13. The number of rotatable bonds is 9. The smallest absolute Gasteiger partial charge is 0.311 e. The molecule has 14 nitrogen and oxygen atoms in total. The van der Waals surface area contributed by atoms with Crippen molar-refractivity contribution in [1.29, 1.82) is 0 Å². The van der Waals surface area contributed by atoms with E-state index in [2.05, 4.69) is 10.1 Å². The van der Waals surface area contributed by atoms with Crippen LogP contribution in [0.15, 0.2) is 41.0 Å². The Hall–Kier alpha value is -3.31. The predicted octanol–water partition coefficient (Wildman–Crippen LogP) is 6.24. The molecule has 59 heavy (non-hydrogen) atoms. The van der Waals surface area contributed by atoms with Crippen molar-refractivity contribution in [2.75, 3.05) is 27.3 Å². The van der Waals surface area contributed by atoms with Crippen LogP contribution >= 0.6 is 11.3 Å². The summed E-state index contributed by atoms with van der Waals surface area (Å²) in [6, 6.07) is 7.76. The topological polar surface area (TPSA) is 154 Å². The Bertz CT molecular complexity index is 1790. The third-order valence-electron chi connectivity index (χ3n) is 12.7. The molecule has 0 spiro atoms. The number of oxime groups is 1. The highest BCUT2D eigenvalue weighted by Crippen LogP contribution is 2.45. The Morgan fingerprint density at radius 1 is 1.03 bits per heavy atom. The number of esters is 2. The first kappa shape index (κ1) is 45.2. The van der Waals surface area contributed by atoms with E-state index >= 15 is 0 Å². The molecule has 1 aromatic carbocycles. The van der Waals surface area contributed by atoms with E-state index in [1.165, 1.54) is 6.92 Å². The fourth-order valence-electron chi connectivity index (χ4n) is 9.56. The molecule has 0 N–H and O–H groups in total.